The second-order valence-electron chi connectivity index (χ2n) is 6.23. The second kappa shape index (κ2) is 5.78. The molecule has 5 heteroatoms. The first-order valence-corrected chi connectivity index (χ1v) is 8.81. The largest absolute Gasteiger partial charge is 0.370 e. The first-order valence-electron chi connectivity index (χ1n) is 8.05. The third-order valence-electron chi connectivity index (χ3n) is 4.79. The number of fused-ring (bicyclic) bond motifs is 1. The van der Waals surface area contributed by atoms with E-state index in [0.29, 0.717) is 16.0 Å². The highest BCUT2D eigenvalue weighted by atomic mass is 35.5. The van der Waals surface area contributed by atoms with Crippen LogP contribution in [0.2, 0.25) is 10.0 Å². The third kappa shape index (κ3) is 2.40. The van der Waals surface area contributed by atoms with Gasteiger partial charge in [0.15, 0.2) is 0 Å². The van der Waals surface area contributed by atoms with E-state index in [4.69, 9.17) is 28.3 Å². The molecule has 1 aliphatic carbocycles. The van der Waals surface area contributed by atoms with Crippen molar-refractivity contribution in [1.82, 2.24) is 9.78 Å². The van der Waals surface area contributed by atoms with Crippen molar-refractivity contribution in [3.63, 3.8) is 0 Å². The molecular formula is C17H19Cl2N3. The van der Waals surface area contributed by atoms with E-state index in [9.17, 15) is 0 Å². The van der Waals surface area contributed by atoms with Gasteiger partial charge in [-0.1, -0.05) is 29.6 Å². The normalized spacial score (nSPS) is 18.3. The second-order valence-corrected chi connectivity index (χ2v) is 7.08. The Balaban J connectivity index is 1.88. The Kier molecular flexibility index (Phi) is 3.79. The topological polar surface area (TPSA) is 29.9 Å². The summed E-state index contributed by atoms with van der Waals surface area (Å²) < 4.78 is 1.97. The van der Waals surface area contributed by atoms with E-state index in [1.54, 1.807) is 0 Å². The predicted molar refractivity (Wildman–Crippen MR) is 91.6 cm³/mol. The predicted octanol–water partition coefficient (Wildman–Crippen LogP) is 5.19. The minimum absolute atomic E-state index is 0.618. The fourth-order valence-corrected chi connectivity index (χ4v) is 3.72. The van der Waals surface area contributed by atoms with Gasteiger partial charge in [-0.2, -0.15) is 5.10 Å². The molecule has 1 aliphatic heterocycles. The minimum atomic E-state index is 0.618. The summed E-state index contributed by atoms with van der Waals surface area (Å²) in [6, 6.07) is 5.55. The highest BCUT2D eigenvalue weighted by Crippen LogP contribution is 2.41. The highest BCUT2D eigenvalue weighted by Gasteiger charge is 2.29. The molecule has 0 radical (unpaired) electrons. The van der Waals surface area contributed by atoms with Gasteiger partial charge >= 0.3 is 0 Å². The SMILES string of the molecule is Clc1ccc(Cl)c(-n2nc(C3CCC3)c3c2NCCCC3)c1. The minimum Gasteiger partial charge on any atom is -0.370 e. The van der Waals surface area contributed by atoms with Crippen LogP contribution in [-0.2, 0) is 6.42 Å². The van der Waals surface area contributed by atoms with Crippen LogP contribution in [0.15, 0.2) is 18.2 Å². The van der Waals surface area contributed by atoms with Crippen molar-refractivity contribution in [3.8, 4) is 5.69 Å². The molecule has 116 valence electrons. The van der Waals surface area contributed by atoms with Crippen molar-refractivity contribution in [2.24, 2.45) is 0 Å². The van der Waals surface area contributed by atoms with Crippen molar-refractivity contribution < 1.29 is 0 Å². The molecule has 2 aromatic rings. The van der Waals surface area contributed by atoms with Crippen molar-refractivity contribution in [3.05, 3.63) is 39.5 Å². The molecule has 1 aromatic carbocycles. The first kappa shape index (κ1) is 14.4. The maximum absolute atomic E-state index is 6.40. The summed E-state index contributed by atoms with van der Waals surface area (Å²) in [4.78, 5) is 0. The Bertz CT molecular complexity index is 704. The molecule has 22 heavy (non-hydrogen) atoms. The molecule has 0 atom stereocenters. The van der Waals surface area contributed by atoms with Crippen molar-refractivity contribution >= 4 is 29.0 Å². The van der Waals surface area contributed by atoms with Gasteiger partial charge in [-0.25, -0.2) is 4.68 Å². The molecule has 2 heterocycles. The summed E-state index contributed by atoms with van der Waals surface area (Å²) in [6.45, 7) is 0.987. The van der Waals surface area contributed by atoms with E-state index < -0.39 is 0 Å². The smallest absolute Gasteiger partial charge is 0.133 e. The lowest BCUT2D eigenvalue weighted by molar-refractivity contribution is 0.406. The summed E-state index contributed by atoms with van der Waals surface area (Å²) in [5, 5.41) is 9.86. The molecule has 3 nitrogen and oxygen atoms in total. The zero-order valence-corrected chi connectivity index (χ0v) is 13.9. The fourth-order valence-electron chi connectivity index (χ4n) is 3.36. The molecule has 0 amide bonds. The van der Waals surface area contributed by atoms with Crippen LogP contribution in [0.3, 0.4) is 0 Å². The van der Waals surface area contributed by atoms with Crippen LogP contribution in [0.5, 0.6) is 0 Å². The summed E-state index contributed by atoms with van der Waals surface area (Å²) in [6.07, 6.45) is 7.35. The molecule has 0 bridgehead atoms. The van der Waals surface area contributed by atoms with E-state index in [1.165, 1.54) is 43.4 Å². The maximum atomic E-state index is 6.40. The van der Waals surface area contributed by atoms with Gasteiger partial charge in [0.25, 0.3) is 0 Å². The molecule has 2 aliphatic rings. The first-order chi connectivity index (χ1) is 10.7. The van der Waals surface area contributed by atoms with E-state index in [1.807, 2.05) is 22.9 Å². The van der Waals surface area contributed by atoms with Crippen LogP contribution < -0.4 is 5.32 Å². The Morgan fingerprint density at radius 1 is 1.14 bits per heavy atom. The molecule has 0 unspecified atom stereocenters. The molecule has 0 saturated heterocycles. The summed E-state index contributed by atoms with van der Waals surface area (Å²) in [5.74, 6) is 1.73. The maximum Gasteiger partial charge on any atom is 0.133 e. The number of benzene rings is 1. The zero-order valence-electron chi connectivity index (χ0n) is 12.4. The number of anilines is 1. The van der Waals surface area contributed by atoms with Gasteiger partial charge in [0.05, 0.1) is 16.4 Å². The van der Waals surface area contributed by atoms with Crippen molar-refractivity contribution in [1.29, 1.82) is 0 Å². The highest BCUT2D eigenvalue weighted by molar-refractivity contribution is 6.34. The number of hydrogen-bond acceptors (Lipinski definition) is 2. The summed E-state index contributed by atoms with van der Waals surface area (Å²) in [5.41, 5.74) is 3.52. The number of aromatic nitrogens is 2. The molecule has 1 N–H and O–H groups in total. The van der Waals surface area contributed by atoms with Gasteiger partial charge in [-0.3, -0.25) is 0 Å². The lowest BCUT2D eigenvalue weighted by atomic mass is 9.81. The van der Waals surface area contributed by atoms with Crippen molar-refractivity contribution in [2.75, 3.05) is 11.9 Å². The molecule has 1 fully saturated rings. The molecule has 0 spiro atoms. The monoisotopic (exact) mass is 335 g/mol. The zero-order chi connectivity index (χ0) is 15.1. The number of hydrogen-bond donors (Lipinski definition) is 1. The van der Waals surface area contributed by atoms with Crippen LogP contribution in [0.4, 0.5) is 5.82 Å². The molecule has 1 saturated carbocycles. The van der Waals surface area contributed by atoms with Crippen LogP contribution in [-0.4, -0.2) is 16.3 Å². The standard InChI is InChI=1S/C17H19Cl2N3/c18-12-7-8-14(19)15(10-12)22-17-13(6-1-2-9-20-17)16(21-22)11-4-3-5-11/h7-8,10-11,20H,1-6,9H2. The van der Waals surface area contributed by atoms with Crippen LogP contribution in [0, 0.1) is 0 Å². The lowest BCUT2D eigenvalue weighted by Crippen LogP contribution is -2.12. The number of halogens is 2. The number of nitrogens with one attached hydrogen (secondary N) is 1. The van der Waals surface area contributed by atoms with Crippen LogP contribution >= 0.6 is 23.2 Å². The van der Waals surface area contributed by atoms with E-state index >= 15 is 0 Å². The number of rotatable bonds is 2. The average molecular weight is 336 g/mol. The van der Waals surface area contributed by atoms with Gasteiger partial charge in [0.1, 0.15) is 5.82 Å². The average Bonchev–Trinajstić information content (AvgIpc) is 2.65. The van der Waals surface area contributed by atoms with E-state index in [2.05, 4.69) is 5.32 Å². The van der Waals surface area contributed by atoms with Gasteiger partial charge in [-0.15, -0.1) is 0 Å². The Morgan fingerprint density at radius 3 is 2.77 bits per heavy atom. The van der Waals surface area contributed by atoms with E-state index in [0.717, 1.165) is 24.5 Å². The molecular weight excluding hydrogens is 317 g/mol. The lowest BCUT2D eigenvalue weighted by Gasteiger charge is -2.24. The number of nitrogens with zero attached hydrogens (tertiary/aromatic N) is 2. The summed E-state index contributed by atoms with van der Waals surface area (Å²) in [7, 11) is 0. The molecule has 1 aromatic heterocycles. The van der Waals surface area contributed by atoms with E-state index in [-0.39, 0.29) is 0 Å². The van der Waals surface area contributed by atoms with Gasteiger partial charge < -0.3 is 5.32 Å². The third-order valence-corrected chi connectivity index (χ3v) is 5.34. The quantitative estimate of drug-likeness (QED) is 0.817. The Morgan fingerprint density at radius 2 is 2.00 bits per heavy atom. The molecule has 4 rings (SSSR count). The van der Waals surface area contributed by atoms with Crippen molar-refractivity contribution in [2.45, 2.75) is 44.4 Å². The Hall–Kier alpha value is -1.19. The summed E-state index contributed by atoms with van der Waals surface area (Å²) >= 11 is 12.6. The van der Waals surface area contributed by atoms with Gasteiger partial charge in [-0.05, 0) is 50.3 Å². The van der Waals surface area contributed by atoms with Crippen LogP contribution in [0.1, 0.15) is 49.3 Å². The Labute approximate surface area is 140 Å². The van der Waals surface area contributed by atoms with Crippen LogP contribution in [0.25, 0.3) is 5.69 Å². The van der Waals surface area contributed by atoms with Gasteiger partial charge in [0, 0.05) is 23.0 Å². The van der Waals surface area contributed by atoms with Gasteiger partial charge in [0.2, 0.25) is 0 Å². The fraction of sp³-hybridized carbons (Fsp3) is 0.471.